The van der Waals surface area contributed by atoms with Gasteiger partial charge in [0.25, 0.3) is 0 Å². The summed E-state index contributed by atoms with van der Waals surface area (Å²) in [6.07, 6.45) is 5.87. The zero-order valence-corrected chi connectivity index (χ0v) is 17.5. The molecular formula is C23H28N2O3S. The highest BCUT2D eigenvalue weighted by atomic mass is 32.2. The number of carbonyl (C=O) groups is 1. The molecule has 1 aromatic heterocycles. The van der Waals surface area contributed by atoms with Gasteiger partial charge in [0, 0.05) is 19.2 Å². The Balaban J connectivity index is 1.62. The van der Waals surface area contributed by atoms with Crippen LogP contribution in [0.15, 0.2) is 54.7 Å². The summed E-state index contributed by atoms with van der Waals surface area (Å²) in [7, 11) is -3.39. The van der Waals surface area contributed by atoms with Gasteiger partial charge in [0.2, 0.25) is 5.91 Å². The summed E-state index contributed by atoms with van der Waals surface area (Å²) in [5.74, 6) is -0.0317. The van der Waals surface area contributed by atoms with Crippen molar-refractivity contribution in [3.8, 4) is 0 Å². The normalized spacial score (nSPS) is 27.0. The number of hydrogen-bond donors (Lipinski definition) is 0. The van der Waals surface area contributed by atoms with E-state index in [9.17, 15) is 13.2 Å². The second-order valence-electron chi connectivity index (χ2n) is 8.33. The van der Waals surface area contributed by atoms with E-state index in [1.165, 1.54) is 0 Å². The Morgan fingerprint density at radius 2 is 1.86 bits per heavy atom. The van der Waals surface area contributed by atoms with Crippen LogP contribution in [0.5, 0.6) is 0 Å². The number of carbonyl (C=O) groups excluding carboxylic acids is 1. The van der Waals surface area contributed by atoms with Crippen LogP contribution in [0.25, 0.3) is 0 Å². The minimum atomic E-state index is -3.39. The second-order valence-corrected chi connectivity index (χ2v) is 10.8. The van der Waals surface area contributed by atoms with E-state index < -0.39 is 14.6 Å². The Hall–Kier alpha value is -2.21. The van der Waals surface area contributed by atoms with Gasteiger partial charge in [-0.25, -0.2) is 8.42 Å². The Labute approximate surface area is 173 Å². The molecular weight excluding hydrogens is 384 g/mol. The lowest BCUT2D eigenvalue weighted by Crippen LogP contribution is -2.50. The first kappa shape index (κ1) is 20.1. The monoisotopic (exact) mass is 412 g/mol. The summed E-state index contributed by atoms with van der Waals surface area (Å²) in [6.45, 7) is 0.617. The van der Waals surface area contributed by atoms with Gasteiger partial charge in [-0.1, -0.05) is 49.2 Å². The van der Waals surface area contributed by atoms with E-state index in [1.54, 1.807) is 11.1 Å². The molecule has 2 fully saturated rings. The lowest BCUT2D eigenvalue weighted by molar-refractivity contribution is -0.132. The summed E-state index contributed by atoms with van der Waals surface area (Å²) in [6, 6.07) is 15.7. The van der Waals surface area contributed by atoms with Crippen LogP contribution >= 0.6 is 0 Å². The van der Waals surface area contributed by atoms with Crippen LogP contribution in [0.1, 0.15) is 43.4 Å². The Bertz CT molecular complexity index is 947. The Morgan fingerprint density at radius 3 is 2.62 bits per heavy atom. The molecule has 1 saturated carbocycles. The molecule has 2 heterocycles. The van der Waals surface area contributed by atoms with Crippen LogP contribution in [-0.4, -0.2) is 41.3 Å². The number of hydrogen-bond acceptors (Lipinski definition) is 4. The van der Waals surface area contributed by atoms with Crippen LogP contribution in [0, 0.1) is 5.92 Å². The molecule has 0 N–H and O–H groups in total. The molecule has 2 unspecified atom stereocenters. The number of rotatable bonds is 4. The largest absolute Gasteiger partial charge is 0.336 e. The lowest BCUT2D eigenvalue weighted by Gasteiger charge is -2.42. The maximum Gasteiger partial charge on any atom is 0.224 e. The smallest absolute Gasteiger partial charge is 0.224 e. The summed E-state index contributed by atoms with van der Waals surface area (Å²) < 4.78 is 26.1. The molecule has 2 aliphatic rings. The van der Waals surface area contributed by atoms with Crippen LogP contribution < -0.4 is 0 Å². The maximum absolute atomic E-state index is 13.5. The van der Waals surface area contributed by atoms with Crippen molar-refractivity contribution in [1.29, 1.82) is 0 Å². The van der Waals surface area contributed by atoms with Crippen molar-refractivity contribution < 1.29 is 13.2 Å². The average Bonchev–Trinajstić information content (AvgIpc) is 2.82. The third-order valence-electron chi connectivity index (χ3n) is 6.60. The van der Waals surface area contributed by atoms with Crippen molar-refractivity contribution in [2.75, 3.05) is 12.3 Å². The number of amides is 1. The molecule has 29 heavy (non-hydrogen) atoms. The van der Waals surface area contributed by atoms with Crippen molar-refractivity contribution in [2.24, 2.45) is 5.92 Å². The number of benzene rings is 1. The van der Waals surface area contributed by atoms with E-state index in [-0.39, 0.29) is 30.5 Å². The third-order valence-corrected chi connectivity index (χ3v) is 9.24. The Kier molecular flexibility index (Phi) is 5.72. The molecule has 2 atom stereocenters. The fraction of sp³-hybridized carbons (Fsp3) is 0.478. The molecule has 5 nitrogen and oxygen atoms in total. The standard InChI is InChI=1S/C23H28N2O3S/c26-22-17-23(12-6-4-10-20(23)16-19-8-2-1-3-9-19)29(27,28)15-14-25(22)18-21-11-5-7-13-24-21/h1-3,5,7-9,11,13,20H,4,6,10,12,14-18H2. The maximum atomic E-state index is 13.5. The van der Waals surface area contributed by atoms with Crippen molar-refractivity contribution in [3.05, 3.63) is 66.0 Å². The van der Waals surface area contributed by atoms with Crippen molar-refractivity contribution in [2.45, 2.75) is 49.8 Å². The van der Waals surface area contributed by atoms with Crippen molar-refractivity contribution in [3.63, 3.8) is 0 Å². The zero-order valence-electron chi connectivity index (χ0n) is 16.7. The SMILES string of the molecule is O=C1CC2(CCCCC2Cc2ccccc2)S(=O)(=O)CCN1Cc1ccccn1. The fourth-order valence-corrected chi connectivity index (χ4v) is 7.38. The highest BCUT2D eigenvalue weighted by Gasteiger charge is 2.53. The summed E-state index contributed by atoms with van der Waals surface area (Å²) in [5, 5.41) is 0. The number of aromatic nitrogens is 1. The molecule has 4 rings (SSSR count). The van der Waals surface area contributed by atoms with Crippen LogP contribution in [0.3, 0.4) is 0 Å². The van der Waals surface area contributed by atoms with Crippen molar-refractivity contribution >= 4 is 15.7 Å². The van der Waals surface area contributed by atoms with E-state index in [2.05, 4.69) is 17.1 Å². The minimum Gasteiger partial charge on any atom is -0.336 e. The van der Waals surface area contributed by atoms with Crippen LogP contribution in [-0.2, 0) is 27.6 Å². The number of nitrogens with zero attached hydrogens (tertiary/aromatic N) is 2. The molecule has 1 aliphatic carbocycles. The summed E-state index contributed by atoms with van der Waals surface area (Å²) in [4.78, 5) is 19.2. The van der Waals surface area contributed by atoms with E-state index in [4.69, 9.17) is 0 Å². The highest BCUT2D eigenvalue weighted by molar-refractivity contribution is 7.92. The van der Waals surface area contributed by atoms with Gasteiger partial charge in [0.05, 0.1) is 22.7 Å². The van der Waals surface area contributed by atoms with Gasteiger partial charge in [-0.2, -0.15) is 0 Å². The quantitative estimate of drug-likeness (QED) is 0.772. The topological polar surface area (TPSA) is 67.3 Å². The third kappa shape index (κ3) is 4.08. The van der Waals surface area contributed by atoms with E-state index in [1.807, 2.05) is 36.4 Å². The molecule has 154 valence electrons. The number of pyridine rings is 1. The minimum absolute atomic E-state index is 0.0117. The van der Waals surface area contributed by atoms with Crippen LogP contribution in [0.2, 0.25) is 0 Å². The zero-order chi connectivity index (χ0) is 20.3. The molecule has 1 aromatic carbocycles. The first-order chi connectivity index (χ1) is 14.0. The van der Waals surface area contributed by atoms with E-state index >= 15 is 0 Å². The molecule has 0 bridgehead atoms. The molecule has 6 heteroatoms. The fourth-order valence-electron chi connectivity index (χ4n) is 5.00. The predicted molar refractivity (Wildman–Crippen MR) is 113 cm³/mol. The predicted octanol–water partition coefficient (Wildman–Crippen LogP) is 3.40. The van der Waals surface area contributed by atoms with Crippen LogP contribution in [0.4, 0.5) is 0 Å². The van der Waals surface area contributed by atoms with E-state index in [0.717, 1.165) is 30.5 Å². The van der Waals surface area contributed by atoms with Gasteiger partial charge in [-0.15, -0.1) is 0 Å². The highest BCUT2D eigenvalue weighted by Crippen LogP contribution is 2.46. The van der Waals surface area contributed by atoms with Gasteiger partial charge in [0.15, 0.2) is 9.84 Å². The van der Waals surface area contributed by atoms with Gasteiger partial charge in [-0.05, 0) is 42.9 Å². The molecule has 1 spiro atoms. The van der Waals surface area contributed by atoms with Gasteiger partial charge >= 0.3 is 0 Å². The number of sulfone groups is 1. The molecule has 1 amide bonds. The first-order valence-electron chi connectivity index (χ1n) is 10.4. The molecule has 0 radical (unpaired) electrons. The summed E-state index contributed by atoms with van der Waals surface area (Å²) >= 11 is 0. The van der Waals surface area contributed by atoms with Gasteiger partial charge < -0.3 is 4.90 Å². The lowest BCUT2D eigenvalue weighted by atomic mass is 9.73. The Morgan fingerprint density at radius 1 is 1.07 bits per heavy atom. The molecule has 1 aliphatic heterocycles. The summed E-state index contributed by atoms with van der Waals surface area (Å²) in [5.41, 5.74) is 1.94. The molecule has 2 aromatic rings. The van der Waals surface area contributed by atoms with Gasteiger partial charge in [-0.3, -0.25) is 9.78 Å². The average molecular weight is 413 g/mol. The molecule has 1 saturated heterocycles. The second kappa shape index (κ2) is 8.27. The van der Waals surface area contributed by atoms with Crippen molar-refractivity contribution in [1.82, 2.24) is 9.88 Å². The first-order valence-corrected chi connectivity index (χ1v) is 12.1. The van der Waals surface area contributed by atoms with E-state index in [0.29, 0.717) is 19.4 Å². The van der Waals surface area contributed by atoms with Gasteiger partial charge in [0.1, 0.15) is 0 Å².